The van der Waals surface area contributed by atoms with Gasteiger partial charge >= 0.3 is 0 Å². The molecule has 0 aliphatic rings. The topological polar surface area (TPSA) is 58.4 Å². The van der Waals surface area contributed by atoms with Crippen molar-refractivity contribution in [1.82, 2.24) is 5.32 Å². The molecule has 0 radical (unpaired) electrons. The molecule has 0 bridgehead atoms. The van der Waals surface area contributed by atoms with E-state index in [2.05, 4.69) is 21.2 Å². The normalized spacial score (nSPS) is 10.3. The van der Waals surface area contributed by atoms with Crippen LogP contribution in [0.3, 0.4) is 0 Å². The second kappa shape index (κ2) is 6.28. The van der Waals surface area contributed by atoms with Crippen molar-refractivity contribution in [3.63, 3.8) is 0 Å². The number of nitrogens with one attached hydrogen (secondary N) is 1. The quantitative estimate of drug-likeness (QED) is 0.830. The summed E-state index contributed by atoms with van der Waals surface area (Å²) in [7, 11) is 3.83. The van der Waals surface area contributed by atoms with E-state index in [4.69, 9.17) is 5.73 Å². The molecule has 1 aromatic carbocycles. The molecule has 2 rings (SSSR count). The van der Waals surface area contributed by atoms with Gasteiger partial charge in [0.25, 0.3) is 5.91 Å². The molecule has 0 aliphatic heterocycles. The minimum absolute atomic E-state index is 0.119. The molecule has 6 heteroatoms. The van der Waals surface area contributed by atoms with E-state index < -0.39 is 0 Å². The Labute approximate surface area is 130 Å². The van der Waals surface area contributed by atoms with E-state index in [0.29, 0.717) is 17.8 Å². The van der Waals surface area contributed by atoms with Gasteiger partial charge in [0.05, 0.1) is 17.9 Å². The van der Waals surface area contributed by atoms with E-state index in [-0.39, 0.29) is 5.91 Å². The predicted octanol–water partition coefficient (Wildman–Crippen LogP) is 3.09. The number of halogens is 1. The maximum Gasteiger partial charge on any atom is 0.251 e. The van der Waals surface area contributed by atoms with Gasteiger partial charge in [-0.3, -0.25) is 4.79 Å². The van der Waals surface area contributed by atoms with Gasteiger partial charge in [0, 0.05) is 34.4 Å². The predicted molar refractivity (Wildman–Crippen MR) is 88.4 cm³/mol. The van der Waals surface area contributed by atoms with Crippen molar-refractivity contribution in [2.45, 2.75) is 6.54 Å². The van der Waals surface area contributed by atoms with Crippen molar-refractivity contribution in [2.24, 2.45) is 0 Å². The summed E-state index contributed by atoms with van der Waals surface area (Å²) in [6.07, 6.45) is 0. The van der Waals surface area contributed by atoms with Crippen LogP contribution in [0.15, 0.2) is 34.1 Å². The Hall–Kier alpha value is -1.53. The van der Waals surface area contributed by atoms with Gasteiger partial charge < -0.3 is 16.0 Å². The number of thiophene rings is 1. The van der Waals surface area contributed by atoms with Crippen LogP contribution < -0.4 is 16.0 Å². The number of hydrogen-bond donors (Lipinski definition) is 2. The summed E-state index contributed by atoms with van der Waals surface area (Å²) >= 11 is 4.99. The zero-order valence-electron chi connectivity index (χ0n) is 11.3. The van der Waals surface area contributed by atoms with Gasteiger partial charge in [0.1, 0.15) is 0 Å². The van der Waals surface area contributed by atoms with Gasteiger partial charge in [-0.05, 0) is 40.2 Å². The number of amides is 1. The van der Waals surface area contributed by atoms with Crippen LogP contribution in [0, 0.1) is 0 Å². The number of carbonyl (C=O) groups is 1. The number of anilines is 2. The Morgan fingerprint density at radius 3 is 2.70 bits per heavy atom. The van der Waals surface area contributed by atoms with E-state index >= 15 is 0 Å². The van der Waals surface area contributed by atoms with Crippen LogP contribution >= 0.6 is 27.3 Å². The summed E-state index contributed by atoms with van der Waals surface area (Å²) in [5.41, 5.74) is 8.02. The van der Waals surface area contributed by atoms with Gasteiger partial charge in [-0.2, -0.15) is 0 Å². The molecule has 106 valence electrons. The van der Waals surface area contributed by atoms with Crippen molar-refractivity contribution >= 4 is 44.5 Å². The highest BCUT2D eigenvalue weighted by Gasteiger charge is 2.09. The molecule has 0 spiro atoms. The fourth-order valence-electron chi connectivity index (χ4n) is 1.82. The van der Waals surface area contributed by atoms with Crippen LogP contribution in [0.1, 0.15) is 15.2 Å². The van der Waals surface area contributed by atoms with Gasteiger partial charge in [0.15, 0.2) is 0 Å². The average Bonchev–Trinajstić information content (AvgIpc) is 2.81. The lowest BCUT2D eigenvalue weighted by molar-refractivity contribution is 0.0951. The van der Waals surface area contributed by atoms with Crippen LogP contribution in [0.2, 0.25) is 0 Å². The Morgan fingerprint density at radius 2 is 2.15 bits per heavy atom. The molecule has 1 heterocycles. The molecule has 0 atom stereocenters. The zero-order chi connectivity index (χ0) is 14.7. The summed E-state index contributed by atoms with van der Waals surface area (Å²) in [5, 5.41) is 4.88. The molecule has 20 heavy (non-hydrogen) atoms. The summed E-state index contributed by atoms with van der Waals surface area (Å²) < 4.78 is 1.03. The van der Waals surface area contributed by atoms with Gasteiger partial charge in [-0.15, -0.1) is 11.3 Å². The monoisotopic (exact) mass is 353 g/mol. The second-order valence-corrected chi connectivity index (χ2v) is 6.49. The van der Waals surface area contributed by atoms with Gasteiger partial charge in [-0.25, -0.2) is 0 Å². The smallest absolute Gasteiger partial charge is 0.251 e. The highest BCUT2D eigenvalue weighted by Crippen LogP contribution is 2.23. The van der Waals surface area contributed by atoms with Crippen molar-refractivity contribution in [3.8, 4) is 0 Å². The van der Waals surface area contributed by atoms with Crippen LogP contribution in [0.5, 0.6) is 0 Å². The van der Waals surface area contributed by atoms with E-state index in [1.54, 1.807) is 23.5 Å². The van der Waals surface area contributed by atoms with Crippen molar-refractivity contribution in [3.05, 3.63) is 44.6 Å². The third kappa shape index (κ3) is 3.52. The third-order valence-corrected chi connectivity index (χ3v) is 4.51. The van der Waals surface area contributed by atoms with Crippen molar-refractivity contribution < 1.29 is 4.79 Å². The van der Waals surface area contributed by atoms with Crippen LogP contribution in [-0.2, 0) is 6.54 Å². The molecule has 1 aromatic heterocycles. The van der Waals surface area contributed by atoms with Crippen LogP contribution in [0.4, 0.5) is 11.4 Å². The van der Waals surface area contributed by atoms with Crippen LogP contribution in [-0.4, -0.2) is 20.0 Å². The van der Waals surface area contributed by atoms with E-state index in [1.807, 2.05) is 36.5 Å². The average molecular weight is 354 g/mol. The summed E-state index contributed by atoms with van der Waals surface area (Å²) in [5.74, 6) is -0.119. The number of benzene rings is 1. The fourth-order valence-corrected chi connectivity index (χ4v) is 3.21. The standard InChI is InChI=1S/C14H16BrN3OS/c1-18(2)13-4-3-9(5-12(13)16)14(19)17-7-11-6-10(15)8-20-11/h3-6,8H,7,16H2,1-2H3,(H,17,19). The lowest BCUT2D eigenvalue weighted by Gasteiger charge is -2.15. The highest BCUT2D eigenvalue weighted by atomic mass is 79.9. The Bertz CT molecular complexity index is 625. The number of hydrogen-bond acceptors (Lipinski definition) is 4. The van der Waals surface area contributed by atoms with E-state index in [9.17, 15) is 4.79 Å². The molecule has 2 aromatic rings. The zero-order valence-corrected chi connectivity index (χ0v) is 13.7. The highest BCUT2D eigenvalue weighted by molar-refractivity contribution is 9.10. The van der Waals surface area contributed by atoms with E-state index in [0.717, 1.165) is 15.0 Å². The molecule has 4 nitrogen and oxygen atoms in total. The first-order valence-electron chi connectivity index (χ1n) is 6.05. The molecule has 0 aliphatic carbocycles. The molecule has 1 amide bonds. The molecule has 0 saturated heterocycles. The Balaban J connectivity index is 2.04. The first-order valence-corrected chi connectivity index (χ1v) is 7.72. The molecular weight excluding hydrogens is 338 g/mol. The van der Waals surface area contributed by atoms with Crippen molar-refractivity contribution in [2.75, 3.05) is 24.7 Å². The first-order chi connectivity index (χ1) is 9.47. The molecule has 3 N–H and O–H groups in total. The molecule has 0 fully saturated rings. The molecule has 0 saturated carbocycles. The lowest BCUT2D eigenvalue weighted by atomic mass is 10.1. The number of nitrogens with zero attached hydrogens (tertiary/aromatic N) is 1. The second-order valence-electron chi connectivity index (χ2n) is 4.58. The third-order valence-electron chi connectivity index (χ3n) is 2.82. The number of nitrogen functional groups attached to an aromatic ring is 1. The van der Waals surface area contributed by atoms with Gasteiger partial charge in [-0.1, -0.05) is 0 Å². The fraction of sp³-hybridized carbons (Fsp3) is 0.214. The largest absolute Gasteiger partial charge is 0.397 e. The SMILES string of the molecule is CN(C)c1ccc(C(=O)NCc2cc(Br)cs2)cc1N. The minimum Gasteiger partial charge on any atom is -0.397 e. The maximum absolute atomic E-state index is 12.1. The number of rotatable bonds is 4. The minimum atomic E-state index is -0.119. The van der Waals surface area contributed by atoms with Crippen LogP contribution in [0.25, 0.3) is 0 Å². The Kier molecular flexibility index (Phi) is 4.67. The summed E-state index contributed by atoms with van der Waals surface area (Å²) in [4.78, 5) is 15.1. The maximum atomic E-state index is 12.1. The lowest BCUT2D eigenvalue weighted by Crippen LogP contribution is -2.22. The number of nitrogens with two attached hydrogens (primary N) is 1. The summed E-state index contributed by atoms with van der Waals surface area (Å²) in [6.45, 7) is 0.518. The van der Waals surface area contributed by atoms with Crippen molar-refractivity contribution in [1.29, 1.82) is 0 Å². The molecule has 0 unspecified atom stereocenters. The Morgan fingerprint density at radius 1 is 1.40 bits per heavy atom. The molecular formula is C14H16BrN3OS. The summed E-state index contributed by atoms with van der Waals surface area (Å²) in [6, 6.07) is 7.33. The number of carbonyl (C=O) groups excluding carboxylic acids is 1. The van der Waals surface area contributed by atoms with Gasteiger partial charge in [0.2, 0.25) is 0 Å². The van der Waals surface area contributed by atoms with E-state index in [1.165, 1.54) is 0 Å². The first kappa shape index (κ1) is 14.9.